The molecule has 1 heteroatoms. The lowest BCUT2D eigenvalue weighted by Gasteiger charge is -2.09. The Hall–Kier alpha value is -3.65. The van der Waals surface area contributed by atoms with Crippen LogP contribution >= 0.6 is 0 Å². The van der Waals surface area contributed by atoms with Crippen LogP contribution in [0.5, 0.6) is 0 Å². The van der Waals surface area contributed by atoms with Gasteiger partial charge in [-0.1, -0.05) is 47.9 Å². The van der Waals surface area contributed by atoms with E-state index in [1.165, 1.54) is 0 Å². The van der Waals surface area contributed by atoms with Crippen molar-refractivity contribution >= 4 is 5.78 Å². The van der Waals surface area contributed by atoms with Gasteiger partial charge >= 0.3 is 0 Å². The Balaban J connectivity index is 2.29. The van der Waals surface area contributed by atoms with Gasteiger partial charge < -0.3 is 0 Å². The van der Waals surface area contributed by atoms with Crippen molar-refractivity contribution in [3.05, 3.63) is 69.8 Å². The third kappa shape index (κ3) is 3.39. The van der Waals surface area contributed by atoms with E-state index >= 15 is 0 Å². The van der Waals surface area contributed by atoms with E-state index in [0.717, 1.165) is 11.1 Å². The molecule has 0 aromatic heterocycles. The molecule has 2 aromatic carbocycles. The first-order valence-corrected chi connectivity index (χ1v) is 7.26. The normalized spacial score (nSPS) is 9.17. The SMILES string of the molecule is C#Cc1cccc(CC(=O)Cc2cccc(C#C)c2C#C)c1C#C. The maximum Gasteiger partial charge on any atom is 0.141 e. The van der Waals surface area contributed by atoms with Gasteiger partial charge in [0.15, 0.2) is 0 Å². The standard InChI is InChI=1S/C23H14O/c1-5-17-11-9-13-19(22(17)7-3)15-21(24)16-20-14-10-12-18(6-2)23(20)8-4/h1-4,9-14H,15-16H2. The zero-order chi connectivity index (χ0) is 17.5. The van der Waals surface area contributed by atoms with Gasteiger partial charge in [0, 0.05) is 35.1 Å². The summed E-state index contributed by atoms with van der Waals surface area (Å²) in [6.07, 6.45) is 22.3. The van der Waals surface area contributed by atoms with Crippen molar-refractivity contribution in [3.63, 3.8) is 0 Å². The average molecular weight is 306 g/mol. The highest BCUT2D eigenvalue weighted by atomic mass is 16.1. The van der Waals surface area contributed by atoms with Crippen molar-refractivity contribution in [2.24, 2.45) is 0 Å². The van der Waals surface area contributed by atoms with Crippen LogP contribution in [0.15, 0.2) is 36.4 Å². The van der Waals surface area contributed by atoms with Crippen LogP contribution < -0.4 is 0 Å². The Morgan fingerprint density at radius 3 is 1.46 bits per heavy atom. The largest absolute Gasteiger partial charge is 0.299 e. The summed E-state index contributed by atoms with van der Waals surface area (Å²) in [7, 11) is 0. The van der Waals surface area contributed by atoms with Gasteiger partial charge in [0.25, 0.3) is 0 Å². The zero-order valence-electron chi connectivity index (χ0n) is 13.1. The Kier molecular flexibility index (Phi) is 5.27. The fourth-order valence-electron chi connectivity index (χ4n) is 2.56. The second kappa shape index (κ2) is 7.56. The number of benzene rings is 2. The molecule has 0 aliphatic heterocycles. The predicted molar refractivity (Wildman–Crippen MR) is 97.0 cm³/mol. The van der Waals surface area contributed by atoms with Crippen molar-refractivity contribution in [1.29, 1.82) is 0 Å². The molecule has 1 nitrogen and oxygen atoms in total. The van der Waals surface area contributed by atoms with Crippen LogP contribution in [-0.2, 0) is 17.6 Å². The van der Waals surface area contributed by atoms with Gasteiger partial charge in [-0.3, -0.25) is 4.79 Å². The fraction of sp³-hybridized carbons (Fsp3) is 0.0870. The van der Waals surface area contributed by atoms with Crippen molar-refractivity contribution in [1.82, 2.24) is 0 Å². The molecule has 0 amide bonds. The molecule has 0 radical (unpaired) electrons. The highest BCUT2D eigenvalue weighted by molar-refractivity contribution is 5.85. The average Bonchev–Trinajstić information content (AvgIpc) is 2.60. The summed E-state index contributed by atoms with van der Waals surface area (Å²) >= 11 is 0. The molecular weight excluding hydrogens is 292 g/mol. The third-order valence-electron chi connectivity index (χ3n) is 3.68. The number of rotatable bonds is 4. The maximum atomic E-state index is 12.5. The Labute approximate surface area is 143 Å². The lowest BCUT2D eigenvalue weighted by atomic mass is 9.93. The number of ketones is 1. The summed E-state index contributed by atoms with van der Waals surface area (Å²) in [6, 6.07) is 10.7. The molecule has 0 heterocycles. The quantitative estimate of drug-likeness (QED) is 0.794. The van der Waals surface area contributed by atoms with Crippen molar-refractivity contribution in [2.45, 2.75) is 12.8 Å². The molecule has 0 N–H and O–H groups in total. The molecule has 24 heavy (non-hydrogen) atoms. The van der Waals surface area contributed by atoms with E-state index in [9.17, 15) is 4.79 Å². The lowest BCUT2D eigenvalue weighted by Crippen LogP contribution is -2.10. The number of Topliss-reactive ketones (excluding diaryl/α,β-unsaturated/α-hetero) is 1. The van der Waals surface area contributed by atoms with E-state index in [2.05, 4.69) is 23.7 Å². The van der Waals surface area contributed by atoms with E-state index in [0.29, 0.717) is 22.3 Å². The van der Waals surface area contributed by atoms with Crippen LogP contribution in [0.1, 0.15) is 33.4 Å². The van der Waals surface area contributed by atoms with Crippen LogP contribution in [0.4, 0.5) is 0 Å². The summed E-state index contributed by atoms with van der Waals surface area (Å²) in [5.74, 6) is 10.2. The van der Waals surface area contributed by atoms with E-state index in [1.54, 1.807) is 24.3 Å². The van der Waals surface area contributed by atoms with Crippen molar-refractivity contribution in [3.8, 4) is 49.4 Å². The lowest BCUT2D eigenvalue weighted by molar-refractivity contribution is -0.117. The van der Waals surface area contributed by atoms with E-state index in [1.807, 2.05) is 12.1 Å². The van der Waals surface area contributed by atoms with Crippen LogP contribution in [0.25, 0.3) is 0 Å². The van der Waals surface area contributed by atoms with Gasteiger partial charge in [-0.05, 0) is 23.3 Å². The number of carbonyl (C=O) groups is 1. The molecular formula is C23H14O. The van der Waals surface area contributed by atoms with E-state index in [-0.39, 0.29) is 18.6 Å². The number of carbonyl (C=O) groups excluding carboxylic acids is 1. The second-order valence-corrected chi connectivity index (χ2v) is 5.15. The summed E-state index contributed by atoms with van der Waals surface area (Å²) in [6.45, 7) is 0. The smallest absolute Gasteiger partial charge is 0.141 e. The van der Waals surface area contributed by atoms with Gasteiger partial charge in [0.2, 0.25) is 0 Å². The molecule has 2 aromatic rings. The number of hydrogen-bond donors (Lipinski definition) is 0. The van der Waals surface area contributed by atoms with Crippen LogP contribution in [0.2, 0.25) is 0 Å². The number of terminal acetylenes is 4. The monoisotopic (exact) mass is 306 g/mol. The minimum absolute atomic E-state index is 0.00802. The van der Waals surface area contributed by atoms with Gasteiger partial charge in [0.1, 0.15) is 5.78 Å². The fourth-order valence-corrected chi connectivity index (χ4v) is 2.56. The van der Waals surface area contributed by atoms with E-state index < -0.39 is 0 Å². The van der Waals surface area contributed by atoms with Gasteiger partial charge in [0.05, 0.1) is 0 Å². The van der Waals surface area contributed by atoms with Gasteiger partial charge in [-0.2, -0.15) is 0 Å². The zero-order valence-corrected chi connectivity index (χ0v) is 13.1. The van der Waals surface area contributed by atoms with Crippen molar-refractivity contribution in [2.75, 3.05) is 0 Å². The molecule has 0 saturated carbocycles. The van der Waals surface area contributed by atoms with Gasteiger partial charge in [-0.25, -0.2) is 0 Å². The molecule has 0 atom stereocenters. The molecule has 0 fully saturated rings. The predicted octanol–water partition coefficient (Wildman–Crippen LogP) is 2.97. The Morgan fingerprint density at radius 1 is 0.708 bits per heavy atom. The number of hydrogen-bond acceptors (Lipinski definition) is 1. The van der Waals surface area contributed by atoms with Crippen LogP contribution in [0, 0.1) is 49.4 Å². The molecule has 2 rings (SSSR count). The molecule has 0 saturated heterocycles. The minimum atomic E-state index is -0.00802. The Morgan fingerprint density at radius 2 is 1.12 bits per heavy atom. The highest BCUT2D eigenvalue weighted by Crippen LogP contribution is 2.17. The maximum absolute atomic E-state index is 12.5. The summed E-state index contributed by atoms with van der Waals surface area (Å²) in [5, 5.41) is 0. The highest BCUT2D eigenvalue weighted by Gasteiger charge is 2.13. The molecule has 0 unspecified atom stereocenters. The minimum Gasteiger partial charge on any atom is -0.299 e. The molecule has 0 spiro atoms. The van der Waals surface area contributed by atoms with E-state index in [4.69, 9.17) is 25.7 Å². The third-order valence-corrected chi connectivity index (χ3v) is 3.68. The van der Waals surface area contributed by atoms with Crippen LogP contribution in [-0.4, -0.2) is 5.78 Å². The first-order valence-electron chi connectivity index (χ1n) is 7.26. The first kappa shape index (κ1) is 16.7. The molecule has 0 aliphatic rings. The van der Waals surface area contributed by atoms with Crippen molar-refractivity contribution < 1.29 is 4.79 Å². The molecule has 0 bridgehead atoms. The summed E-state index contributed by atoms with van der Waals surface area (Å²) in [4.78, 5) is 12.5. The molecule has 112 valence electrons. The topological polar surface area (TPSA) is 17.1 Å². The Bertz CT molecular complexity index is 884. The first-order chi connectivity index (χ1) is 11.6. The second-order valence-electron chi connectivity index (χ2n) is 5.15. The van der Waals surface area contributed by atoms with Crippen LogP contribution in [0.3, 0.4) is 0 Å². The molecule has 0 aliphatic carbocycles. The van der Waals surface area contributed by atoms with Gasteiger partial charge in [-0.15, -0.1) is 25.7 Å². The summed E-state index contributed by atoms with van der Waals surface area (Å²) < 4.78 is 0. The summed E-state index contributed by atoms with van der Waals surface area (Å²) in [5.41, 5.74) is 3.88.